The smallest absolute Gasteiger partial charge is 0.198 e. The third-order valence-corrected chi connectivity index (χ3v) is 6.87. The number of aromatic nitrogens is 1. The molecule has 5 heteroatoms. The Balaban J connectivity index is 1.58. The molecule has 0 amide bonds. The Kier molecular flexibility index (Phi) is 5.28. The van der Waals surface area contributed by atoms with Gasteiger partial charge in [-0.2, -0.15) is 0 Å². The van der Waals surface area contributed by atoms with E-state index in [9.17, 15) is 4.79 Å². The molecule has 0 saturated heterocycles. The fourth-order valence-electron chi connectivity index (χ4n) is 4.51. The van der Waals surface area contributed by atoms with Crippen LogP contribution in [0.2, 0.25) is 0 Å². The van der Waals surface area contributed by atoms with Crippen molar-refractivity contribution in [2.24, 2.45) is 0 Å². The summed E-state index contributed by atoms with van der Waals surface area (Å²) in [6, 6.07) is 17.5. The zero-order valence-corrected chi connectivity index (χ0v) is 20.1. The van der Waals surface area contributed by atoms with Gasteiger partial charge in [-0.25, -0.2) is 0 Å². The largest absolute Gasteiger partial charge is 0.493 e. The van der Waals surface area contributed by atoms with Crippen LogP contribution in [0.5, 0.6) is 23.0 Å². The van der Waals surface area contributed by atoms with Crippen LogP contribution in [0.4, 0.5) is 0 Å². The van der Waals surface area contributed by atoms with E-state index in [1.807, 2.05) is 36.4 Å². The normalized spacial score (nSPS) is 12.4. The lowest BCUT2D eigenvalue weighted by atomic mass is 9.82. The molecule has 34 heavy (non-hydrogen) atoms. The van der Waals surface area contributed by atoms with Gasteiger partial charge < -0.3 is 14.2 Å². The number of hydrogen-bond acceptors (Lipinski definition) is 5. The molecule has 4 aromatic rings. The molecule has 1 aliphatic carbocycles. The number of carbonyl (C=O) groups is 1. The van der Waals surface area contributed by atoms with Gasteiger partial charge in [0.1, 0.15) is 11.5 Å². The van der Waals surface area contributed by atoms with Crippen LogP contribution in [0.3, 0.4) is 0 Å². The molecule has 0 unspecified atom stereocenters. The number of rotatable bonds is 6. The lowest BCUT2D eigenvalue weighted by Gasteiger charge is -2.24. The van der Waals surface area contributed by atoms with E-state index in [4.69, 9.17) is 14.2 Å². The van der Waals surface area contributed by atoms with Gasteiger partial charge in [0.25, 0.3) is 0 Å². The molecule has 5 nitrogen and oxygen atoms in total. The highest BCUT2D eigenvalue weighted by Crippen LogP contribution is 2.46. The predicted octanol–water partition coefficient (Wildman–Crippen LogP) is 6.94. The summed E-state index contributed by atoms with van der Waals surface area (Å²) in [6.07, 6.45) is 2.80. The van der Waals surface area contributed by atoms with E-state index < -0.39 is 0 Å². The van der Waals surface area contributed by atoms with Crippen molar-refractivity contribution in [3.63, 3.8) is 0 Å². The standard InChI is InChI=1S/C29H27NO4/c1-6-29(2,3)18-7-9-19(10-8-18)34-20-11-12-21-22(16-20)27(31)25-24-17(13-14-30-26(21)24)15-23(32-4)28(25)33-5/h7-16H,6H2,1-5H3. The van der Waals surface area contributed by atoms with Crippen molar-refractivity contribution in [1.29, 1.82) is 0 Å². The van der Waals surface area contributed by atoms with Gasteiger partial charge in [0.15, 0.2) is 17.3 Å². The molecule has 0 atom stereocenters. The Hall–Kier alpha value is -3.86. The number of ketones is 1. The van der Waals surface area contributed by atoms with Gasteiger partial charge in [0.05, 0.1) is 25.5 Å². The first-order valence-electron chi connectivity index (χ1n) is 11.4. The molecule has 1 aromatic heterocycles. The Labute approximate surface area is 199 Å². The molecule has 3 aromatic carbocycles. The van der Waals surface area contributed by atoms with Gasteiger partial charge in [-0.1, -0.05) is 32.9 Å². The van der Waals surface area contributed by atoms with Crippen molar-refractivity contribution < 1.29 is 19.0 Å². The maximum Gasteiger partial charge on any atom is 0.198 e. The summed E-state index contributed by atoms with van der Waals surface area (Å²) >= 11 is 0. The van der Waals surface area contributed by atoms with Crippen LogP contribution >= 0.6 is 0 Å². The van der Waals surface area contributed by atoms with Crippen LogP contribution in [-0.2, 0) is 5.41 Å². The molecule has 172 valence electrons. The van der Waals surface area contributed by atoms with Gasteiger partial charge in [-0.3, -0.25) is 9.78 Å². The fraction of sp³-hybridized carbons (Fsp3) is 0.241. The van der Waals surface area contributed by atoms with Crippen molar-refractivity contribution in [3.05, 3.63) is 77.5 Å². The van der Waals surface area contributed by atoms with Crippen molar-refractivity contribution >= 4 is 16.6 Å². The van der Waals surface area contributed by atoms with E-state index in [-0.39, 0.29) is 11.2 Å². The SMILES string of the molecule is CCC(C)(C)c1ccc(Oc2ccc3c(c2)C(=O)c2c(OC)c(OC)cc4ccnc-3c24)cc1. The van der Waals surface area contributed by atoms with E-state index in [1.54, 1.807) is 26.5 Å². The molecule has 0 radical (unpaired) electrons. The molecule has 0 fully saturated rings. The maximum atomic E-state index is 13.7. The molecule has 5 rings (SSSR count). The summed E-state index contributed by atoms with van der Waals surface area (Å²) in [5, 5.41) is 1.66. The predicted molar refractivity (Wildman–Crippen MR) is 134 cm³/mol. The average Bonchev–Trinajstić information content (AvgIpc) is 2.86. The molecular formula is C29H27NO4. The highest BCUT2D eigenvalue weighted by molar-refractivity contribution is 6.27. The second kappa shape index (κ2) is 8.17. The molecule has 0 N–H and O–H groups in total. The quantitative estimate of drug-likeness (QED) is 0.279. The Bertz CT molecular complexity index is 1420. The van der Waals surface area contributed by atoms with Crippen LogP contribution in [0.1, 0.15) is 48.7 Å². The second-order valence-electron chi connectivity index (χ2n) is 9.15. The summed E-state index contributed by atoms with van der Waals surface area (Å²) in [4.78, 5) is 18.3. The second-order valence-corrected chi connectivity index (χ2v) is 9.15. The summed E-state index contributed by atoms with van der Waals surface area (Å²) in [5.74, 6) is 2.11. The first kappa shape index (κ1) is 22.0. The monoisotopic (exact) mass is 453 g/mol. The average molecular weight is 454 g/mol. The molecule has 0 saturated carbocycles. The minimum absolute atomic E-state index is 0.109. The number of benzene rings is 3. The summed E-state index contributed by atoms with van der Waals surface area (Å²) < 4.78 is 17.2. The summed E-state index contributed by atoms with van der Waals surface area (Å²) in [7, 11) is 3.11. The van der Waals surface area contributed by atoms with Gasteiger partial charge in [0.2, 0.25) is 0 Å². The molecule has 0 aliphatic heterocycles. The van der Waals surface area contributed by atoms with Crippen LogP contribution in [0.25, 0.3) is 22.0 Å². The van der Waals surface area contributed by atoms with Crippen LogP contribution in [0.15, 0.2) is 60.8 Å². The fourth-order valence-corrected chi connectivity index (χ4v) is 4.51. The van der Waals surface area contributed by atoms with Gasteiger partial charge in [0, 0.05) is 22.7 Å². The molecule has 1 aliphatic rings. The van der Waals surface area contributed by atoms with E-state index in [0.717, 1.165) is 34.2 Å². The highest BCUT2D eigenvalue weighted by Gasteiger charge is 2.31. The van der Waals surface area contributed by atoms with E-state index >= 15 is 0 Å². The maximum absolute atomic E-state index is 13.7. The molecule has 0 spiro atoms. The summed E-state index contributed by atoms with van der Waals surface area (Å²) in [6.45, 7) is 6.65. The number of carbonyl (C=O) groups excluding carboxylic acids is 1. The van der Waals surface area contributed by atoms with Gasteiger partial charge in [-0.15, -0.1) is 0 Å². The number of hydrogen-bond donors (Lipinski definition) is 0. The Morgan fingerprint density at radius 3 is 2.29 bits per heavy atom. The minimum Gasteiger partial charge on any atom is -0.493 e. The summed E-state index contributed by atoms with van der Waals surface area (Å²) in [5.41, 5.74) is 3.90. The van der Waals surface area contributed by atoms with Gasteiger partial charge >= 0.3 is 0 Å². The number of nitrogens with zero attached hydrogens (tertiary/aromatic N) is 1. The highest BCUT2D eigenvalue weighted by atomic mass is 16.5. The van der Waals surface area contributed by atoms with E-state index in [1.165, 1.54) is 5.56 Å². The number of methoxy groups -OCH3 is 2. The number of fused-ring (bicyclic) bond motifs is 2. The topological polar surface area (TPSA) is 57.7 Å². The van der Waals surface area contributed by atoms with Crippen molar-refractivity contribution in [2.45, 2.75) is 32.6 Å². The zero-order chi connectivity index (χ0) is 24.0. The molecule has 1 heterocycles. The van der Waals surface area contributed by atoms with Crippen molar-refractivity contribution in [3.8, 4) is 34.3 Å². The van der Waals surface area contributed by atoms with Crippen molar-refractivity contribution in [1.82, 2.24) is 4.98 Å². The minimum atomic E-state index is -0.137. The lowest BCUT2D eigenvalue weighted by Crippen LogP contribution is -2.15. The first-order chi connectivity index (χ1) is 16.4. The van der Waals surface area contributed by atoms with Crippen LogP contribution in [0, 0.1) is 0 Å². The van der Waals surface area contributed by atoms with Crippen LogP contribution < -0.4 is 14.2 Å². The van der Waals surface area contributed by atoms with Gasteiger partial charge in [-0.05, 0) is 65.3 Å². The lowest BCUT2D eigenvalue weighted by molar-refractivity contribution is 0.103. The van der Waals surface area contributed by atoms with Crippen molar-refractivity contribution in [2.75, 3.05) is 14.2 Å². The molecular weight excluding hydrogens is 426 g/mol. The Morgan fingerprint density at radius 2 is 1.62 bits per heavy atom. The Morgan fingerprint density at radius 1 is 0.882 bits per heavy atom. The first-order valence-corrected chi connectivity index (χ1v) is 11.4. The number of ether oxygens (including phenoxy) is 3. The number of pyridine rings is 1. The third kappa shape index (κ3) is 3.39. The molecule has 0 bridgehead atoms. The van der Waals surface area contributed by atoms with E-state index in [0.29, 0.717) is 28.4 Å². The zero-order valence-electron chi connectivity index (χ0n) is 20.1. The van der Waals surface area contributed by atoms with E-state index in [2.05, 4.69) is 37.9 Å². The third-order valence-electron chi connectivity index (χ3n) is 6.87. The van der Waals surface area contributed by atoms with Crippen LogP contribution in [-0.4, -0.2) is 25.0 Å².